The van der Waals surface area contributed by atoms with Crippen LogP contribution in [0, 0.1) is 0 Å². The third kappa shape index (κ3) is 7.01. The van der Waals surface area contributed by atoms with Crippen molar-refractivity contribution in [3.05, 3.63) is 23.8 Å². The lowest BCUT2D eigenvalue weighted by Gasteiger charge is -2.37. The van der Waals surface area contributed by atoms with Crippen molar-refractivity contribution < 1.29 is 19.5 Å². The zero-order valence-electron chi connectivity index (χ0n) is 18.0. The molecule has 0 aromatic heterocycles. The number of rotatable bonds is 6. The summed E-state index contributed by atoms with van der Waals surface area (Å²) in [6.07, 6.45) is -0.296. The van der Waals surface area contributed by atoms with Crippen LogP contribution in [0.1, 0.15) is 26.3 Å². The van der Waals surface area contributed by atoms with Crippen LogP contribution in [0.3, 0.4) is 0 Å². The van der Waals surface area contributed by atoms with E-state index >= 15 is 0 Å². The van der Waals surface area contributed by atoms with E-state index in [4.69, 9.17) is 20.4 Å². The van der Waals surface area contributed by atoms with Crippen molar-refractivity contribution in [2.45, 2.75) is 26.4 Å². The van der Waals surface area contributed by atoms with Gasteiger partial charge in [0.15, 0.2) is 5.84 Å². The molecule has 0 atom stereocenters. The van der Waals surface area contributed by atoms with E-state index in [1.165, 1.54) is 0 Å². The average Bonchev–Trinajstić information content (AvgIpc) is 2.65. The van der Waals surface area contributed by atoms with E-state index in [2.05, 4.69) is 10.1 Å². The highest BCUT2D eigenvalue weighted by Gasteiger charge is 2.26. The van der Waals surface area contributed by atoms with Gasteiger partial charge in [-0.25, -0.2) is 4.79 Å². The summed E-state index contributed by atoms with van der Waals surface area (Å²) in [6, 6.07) is 5.55. The quantitative estimate of drug-likeness (QED) is 0.321. The standard InChI is InChI=1S/C20H33N5O4/c1-20(2,3)29-19(26)25-8-6-24(7-9-25)16-12-15(18(21)22-27)13-17(14-16)28-11-10-23(4)5/h12-14,27H,6-11H2,1-5H3,(H2,21,22). The summed E-state index contributed by atoms with van der Waals surface area (Å²) in [5, 5.41) is 12.2. The maximum atomic E-state index is 12.3. The number of amides is 1. The molecule has 1 aliphatic rings. The minimum absolute atomic E-state index is 0.0247. The molecule has 9 heteroatoms. The van der Waals surface area contributed by atoms with Gasteiger partial charge >= 0.3 is 6.09 Å². The van der Waals surface area contributed by atoms with Crippen LogP contribution in [0.2, 0.25) is 0 Å². The molecular weight excluding hydrogens is 374 g/mol. The molecule has 1 saturated heterocycles. The van der Waals surface area contributed by atoms with Crippen molar-refractivity contribution in [2.24, 2.45) is 10.9 Å². The van der Waals surface area contributed by atoms with E-state index in [-0.39, 0.29) is 11.9 Å². The number of carbonyl (C=O) groups excluding carboxylic acids is 1. The summed E-state index contributed by atoms with van der Waals surface area (Å²) in [5.41, 5.74) is 6.78. The van der Waals surface area contributed by atoms with Crippen molar-refractivity contribution in [3.63, 3.8) is 0 Å². The van der Waals surface area contributed by atoms with Crippen LogP contribution in [0.4, 0.5) is 10.5 Å². The van der Waals surface area contributed by atoms with E-state index < -0.39 is 5.60 Å². The van der Waals surface area contributed by atoms with Crippen LogP contribution in [0.5, 0.6) is 5.75 Å². The van der Waals surface area contributed by atoms with Gasteiger partial charge in [0.25, 0.3) is 0 Å². The Hall–Kier alpha value is -2.68. The SMILES string of the molecule is CN(C)CCOc1cc(/C(N)=N/O)cc(N2CCN(C(=O)OC(C)(C)C)CC2)c1. The van der Waals surface area contributed by atoms with Crippen LogP contribution in [-0.2, 0) is 4.74 Å². The predicted octanol–water partition coefficient (Wildman–Crippen LogP) is 1.78. The number of piperazine rings is 1. The van der Waals surface area contributed by atoms with Gasteiger partial charge < -0.3 is 35.1 Å². The van der Waals surface area contributed by atoms with E-state index in [1.807, 2.05) is 51.9 Å². The van der Waals surface area contributed by atoms with Crippen LogP contribution in [0.25, 0.3) is 0 Å². The van der Waals surface area contributed by atoms with Crippen molar-refractivity contribution in [2.75, 3.05) is 58.3 Å². The molecule has 0 bridgehead atoms. The Balaban J connectivity index is 2.10. The Labute approximate surface area is 172 Å². The number of nitrogens with two attached hydrogens (primary N) is 1. The number of carbonyl (C=O) groups is 1. The van der Waals surface area contributed by atoms with Crippen molar-refractivity contribution in [3.8, 4) is 5.75 Å². The number of benzene rings is 1. The van der Waals surface area contributed by atoms with E-state index in [0.29, 0.717) is 44.1 Å². The first-order valence-corrected chi connectivity index (χ1v) is 9.72. The lowest BCUT2D eigenvalue weighted by atomic mass is 10.1. The molecule has 0 aliphatic carbocycles. The normalized spacial score (nSPS) is 15.6. The van der Waals surface area contributed by atoms with Gasteiger partial charge in [-0.2, -0.15) is 0 Å². The molecule has 29 heavy (non-hydrogen) atoms. The number of ether oxygens (including phenoxy) is 2. The van der Waals surface area contributed by atoms with Gasteiger partial charge in [-0.3, -0.25) is 0 Å². The summed E-state index contributed by atoms with van der Waals surface area (Å²) in [4.78, 5) is 18.2. The summed E-state index contributed by atoms with van der Waals surface area (Å²) >= 11 is 0. The summed E-state index contributed by atoms with van der Waals surface area (Å²) in [6.45, 7) is 9.29. The van der Waals surface area contributed by atoms with Crippen molar-refractivity contribution in [1.29, 1.82) is 0 Å². The smallest absolute Gasteiger partial charge is 0.410 e. The first-order chi connectivity index (χ1) is 13.6. The second-order valence-corrected chi connectivity index (χ2v) is 8.31. The Bertz CT molecular complexity index is 722. The molecule has 0 saturated carbocycles. The fourth-order valence-electron chi connectivity index (χ4n) is 2.87. The highest BCUT2D eigenvalue weighted by molar-refractivity contribution is 5.98. The van der Waals surface area contributed by atoms with Gasteiger partial charge in [-0.15, -0.1) is 0 Å². The molecule has 1 heterocycles. The molecule has 0 unspecified atom stereocenters. The first kappa shape index (κ1) is 22.6. The Morgan fingerprint density at radius 2 is 1.86 bits per heavy atom. The minimum atomic E-state index is -0.511. The van der Waals surface area contributed by atoms with Crippen LogP contribution in [-0.4, -0.2) is 86.0 Å². The Kier molecular flexibility index (Phi) is 7.55. The topological polar surface area (TPSA) is 104 Å². The second kappa shape index (κ2) is 9.69. The maximum Gasteiger partial charge on any atom is 0.410 e. The van der Waals surface area contributed by atoms with Gasteiger partial charge in [0, 0.05) is 50.0 Å². The number of likely N-dealkylation sites (N-methyl/N-ethyl adjacent to an activating group) is 1. The van der Waals surface area contributed by atoms with Gasteiger partial charge in [-0.1, -0.05) is 5.16 Å². The largest absolute Gasteiger partial charge is 0.492 e. The second-order valence-electron chi connectivity index (χ2n) is 8.31. The third-order valence-electron chi connectivity index (χ3n) is 4.40. The number of amidine groups is 1. The number of anilines is 1. The molecule has 1 aliphatic heterocycles. The summed E-state index contributed by atoms with van der Waals surface area (Å²) in [5.74, 6) is 0.678. The number of nitrogens with zero attached hydrogens (tertiary/aromatic N) is 4. The zero-order chi connectivity index (χ0) is 21.6. The van der Waals surface area contributed by atoms with E-state index in [1.54, 1.807) is 11.0 Å². The molecule has 1 aromatic rings. The predicted molar refractivity (Wildman–Crippen MR) is 113 cm³/mol. The molecule has 2 rings (SSSR count). The lowest BCUT2D eigenvalue weighted by Crippen LogP contribution is -2.50. The molecule has 0 spiro atoms. The van der Waals surface area contributed by atoms with E-state index in [0.717, 1.165) is 12.2 Å². The summed E-state index contributed by atoms with van der Waals surface area (Å²) in [7, 11) is 3.96. The molecule has 1 aromatic carbocycles. The molecule has 9 nitrogen and oxygen atoms in total. The molecule has 162 valence electrons. The van der Waals surface area contributed by atoms with Gasteiger partial charge in [-0.05, 0) is 47.0 Å². The van der Waals surface area contributed by atoms with Gasteiger partial charge in [0.1, 0.15) is 18.0 Å². The lowest BCUT2D eigenvalue weighted by molar-refractivity contribution is 0.0240. The van der Waals surface area contributed by atoms with Crippen LogP contribution < -0.4 is 15.4 Å². The number of hydrogen-bond acceptors (Lipinski definition) is 7. The van der Waals surface area contributed by atoms with Crippen LogP contribution in [0.15, 0.2) is 23.4 Å². The number of oxime groups is 1. The Morgan fingerprint density at radius 1 is 1.21 bits per heavy atom. The maximum absolute atomic E-state index is 12.3. The molecular formula is C20H33N5O4. The Morgan fingerprint density at radius 3 is 2.41 bits per heavy atom. The fourth-order valence-corrected chi connectivity index (χ4v) is 2.87. The number of hydrogen-bond donors (Lipinski definition) is 2. The molecule has 1 amide bonds. The van der Waals surface area contributed by atoms with Crippen molar-refractivity contribution in [1.82, 2.24) is 9.80 Å². The molecule has 3 N–H and O–H groups in total. The van der Waals surface area contributed by atoms with Crippen LogP contribution >= 0.6 is 0 Å². The fraction of sp³-hybridized carbons (Fsp3) is 0.600. The summed E-state index contributed by atoms with van der Waals surface area (Å²) < 4.78 is 11.3. The monoisotopic (exact) mass is 407 g/mol. The minimum Gasteiger partial charge on any atom is -0.492 e. The zero-order valence-corrected chi connectivity index (χ0v) is 18.0. The average molecular weight is 408 g/mol. The molecule has 0 radical (unpaired) electrons. The third-order valence-corrected chi connectivity index (χ3v) is 4.40. The first-order valence-electron chi connectivity index (χ1n) is 9.72. The highest BCUT2D eigenvalue weighted by atomic mass is 16.6. The van der Waals surface area contributed by atoms with Gasteiger partial charge in [0.05, 0.1) is 0 Å². The van der Waals surface area contributed by atoms with E-state index in [9.17, 15) is 4.79 Å². The highest BCUT2D eigenvalue weighted by Crippen LogP contribution is 2.26. The molecule has 1 fully saturated rings. The van der Waals surface area contributed by atoms with Gasteiger partial charge in [0.2, 0.25) is 0 Å². The van der Waals surface area contributed by atoms with Crippen molar-refractivity contribution >= 4 is 17.6 Å².